The predicted octanol–water partition coefficient (Wildman–Crippen LogP) is 3.11. The topological polar surface area (TPSA) is 70.2 Å². The number of nitrogens with zero attached hydrogens (tertiary/aromatic N) is 3. The molecule has 0 spiro atoms. The summed E-state index contributed by atoms with van der Waals surface area (Å²) in [5.41, 5.74) is 2.01. The van der Waals surface area contributed by atoms with Crippen LogP contribution < -0.4 is 15.5 Å². The second-order valence-electron chi connectivity index (χ2n) is 6.97. The van der Waals surface area contributed by atoms with Crippen LogP contribution in [-0.4, -0.2) is 42.1 Å². The number of carbonyl (C=O) groups excluding carboxylic acids is 1. The Bertz CT molecular complexity index is 743. The number of hydrogen-bond acceptors (Lipinski definition) is 5. The molecule has 1 aliphatic rings. The third-order valence-electron chi connectivity index (χ3n) is 4.90. The molecule has 0 radical (unpaired) electrons. The summed E-state index contributed by atoms with van der Waals surface area (Å²) in [7, 11) is 0. The smallest absolute Gasteiger partial charge is 0.227 e. The molecule has 3 rings (SSSR count). The lowest BCUT2D eigenvalue weighted by Gasteiger charge is -2.18. The highest BCUT2D eigenvalue weighted by Crippen LogP contribution is 2.20. The van der Waals surface area contributed by atoms with E-state index < -0.39 is 0 Å². The molecule has 2 heterocycles. The van der Waals surface area contributed by atoms with E-state index in [1.165, 1.54) is 12.8 Å². The molecular weight excluding hydrogens is 338 g/mol. The molecule has 1 aromatic heterocycles. The highest BCUT2D eigenvalue weighted by molar-refractivity contribution is 5.83. The summed E-state index contributed by atoms with van der Waals surface area (Å²) in [6, 6.07) is 12.0. The molecule has 1 unspecified atom stereocenters. The Labute approximate surface area is 161 Å². The number of carbonyl (C=O) groups is 1. The van der Waals surface area contributed by atoms with Gasteiger partial charge in [0.15, 0.2) is 0 Å². The zero-order valence-corrected chi connectivity index (χ0v) is 16.2. The molecule has 6 heteroatoms. The zero-order chi connectivity index (χ0) is 19.1. The van der Waals surface area contributed by atoms with Crippen molar-refractivity contribution in [1.82, 2.24) is 15.3 Å². The van der Waals surface area contributed by atoms with E-state index in [9.17, 15) is 4.79 Å². The number of rotatable bonds is 8. The molecular formula is C21H29N5O. The lowest BCUT2D eigenvalue weighted by Crippen LogP contribution is -2.33. The van der Waals surface area contributed by atoms with Crippen molar-refractivity contribution >= 4 is 17.7 Å². The first-order chi connectivity index (χ1) is 13.2. The van der Waals surface area contributed by atoms with E-state index in [1.54, 1.807) is 0 Å². The van der Waals surface area contributed by atoms with E-state index >= 15 is 0 Å². The SMILES string of the molecule is CCC(C(=O)NCCNc1nc(C)cc(N2CCCC2)n1)c1ccccc1. The van der Waals surface area contributed by atoms with Crippen molar-refractivity contribution in [2.75, 3.05) is 36.4 Å². The van der Waals surface area contributed by atoms with E-state index in [0.29, 0.717) is 19.0 Å². The van der Waals surface area contributed by atoms with Gasteiger partial charge in [-0.3, -0.25) is 4.79 Å². The van der Waals surface area contributed by atoms with Gasteiger partial charge in [0.25, 0.3) is 0 Å². The molecule has 1 fully saturated rings. The molecule has 0 aliphatic carbocycles. The Balaban J connectivity index is 1.50. The predicted molar refractivity (Wildman–Crippen MR) is 109 cm³/mol. The van der Waals surface area contributed by atoms with Crippen LogP contribution in [0.4, 0.5) is 11.8 Å². The summed E-state index contributed by atoms with van der Waals surface area (Å²) in [4.78, 5) is 23.9. The van der Waals surface area contributed by atoms with Crippen molar-refractivity contribution in [1.29, 1.82) is 0 Å². The van der Waals surface area contributed by atoms with Crippen LogP contribution in [0.5, 0.6) is 0 Å². The van der Waals surface area contributed by atoms with Gasteiger partial charge < -0.3 is 15.5 Å². The van der Waals surface area contributed by atoms with Crippen molar-refractivity contribution in [2.24, 2.45) is 0 Å². The molecule has 1 saturated heterocycles. The van der Waals surface area contributed by atoms with Crippen LogP contribution in [0.25, 0.3) is 0 Å². The van der Waals surface area contributed by atoms with Gasteiger partial charge in [0.1, 0.15) is 5.82 Å². The van der Waals surface area contributed by atoms with Gasteiger partial charge in [0.2, 0.25) is 11.9 Å². The third-order valence-corrected chi connectivity index (χ3v) is 4.90. The molecule has 27 heavy (non-hydrogen) atoms. The van der Waals surface area contributed by atoms with Crippen LogP contribution in [0.3, 0.4) is 0 Å². The minimum absolute atomic E-state index is 0.0633. The molecule has 6 nitrogen and oxygen atoms in total. The van der Waals surface area contributed by atoms with Crippen LogP contribution in [-0.2, 0) is 4.79 Å². The van der Waals surface area contributed by atoms with Crippen molar-refractivity contribution < 1.29 is 4.79 Å². The summed E-state index contributed by atoms with van der Waals surface area (Å²) < 4.78 is 0. The van der Waals surface area contributed by atoms with Gasteiger partial charge in [0, 0.05) is 37.9 Å². The van der Waals surface area contributed by atoms with Crippen molar-refractivity contribution in [3.8, 4) is 0 Å². The lowest BCUT2D eigenvalue weighted by atomic mass is 9.96. The Morgan fingerprint density at radius 2 is 1.89 bits per heavy atom. The van der Waals surface area contributed by atoms with Crippen molar-refractivity contribution in [3.05, 3.63) is 47.7 Å². The minimum Gasteiger partial charge on any atom is -0.356 e. The number of hydrogen-bond donors (Lipinski definition) is 2. The van der Waals surface area contributed by atoms with Crippen LogP contribution >= 0.6 is 0 Å². The van der Waals surface area contributed by atoms with E-state index in [-0.39, 0.29) is 11.8 Å². The maximum absolute atomic E-state index is 12.5. The van der Waals surface area contributed by atoms with Gasteiger partial charge in [-0.2, -0.15) is 4.98 Å². The molecule has 1 aliphatic heterocycles. The molecule has 0 bridgehead atoms. The number of nitrogens with one attached hydrogen (secondary N) is 2. The fourth-order valence-electron chi connectivity index (χ4n) is 3.48. The fraction of sp³-hybridized carbons (Fsp3) is 0.476. The fourth-order valence-corrected chi connectivity index (χ4v) is 3.48. The highest BCUT2D eigenvalue weighted by atomic mass is 16.1. The molecule has 2 N–H and O–H groups in total. The van der Waals surface area contributed by atoms with Crippen LogP contribution in [0.1, 0.15) is 43.4 Å². The van der Waals surface area contributed by atoms with Gasteiger partial charge in [-0.05, 0) is 31.7 Å². The van der Waals surface area contributed by atoms with Gasteiger partial charge in [-0.1, -0.05) is 37.3 Å². The summed E-state index contributed by atoms with van der Waals surface area (Å²) in [6.07, 6.45) is 3.22. The molecule has 144 valence electrons. The maximum atomic E-state index is 12.5. The number of aromatic nitrogens is 2. The molecule has 1 atom stereocenters. The molecule has 1 amide bonds. The van der Waals surface area contributed by atoms with Gasteiger partial charge in [-0.25, -0.2) is 4.98 Å². The second-order valence-corrected chi connectivity index (χ2v) is 6.97. The molecule has 1 aromatic carbocycles. The van der Waals surface area contributed by atoms with E-state index in [1.807, 2.05) is 50.2 Å². The van der Waals surface area contributed by atoms with Crippen LogP contribution in [0.2, 0.25) is 0 Å². The summed E-state index contributed by atoms with van der Waals surface area (Å²) in [5.74, 6) is 1.57. The summed E-state index contributed by atoms with van der Waals surface area (Å²) in [5, 5.41) is 6.26. The first kappa shape index (κ1) is 19.1. The monoisotopic (exact) mass is 367 g/mol. The van der Waals surface area contributed by atoms with E-state index in [4.69, 9.17) is 0 Å². The number of anilines is 2. The first-order valence-electron chi connectivity index (χ1n) is 9.84. The van der Waals surface area contributed by atoms with Gasteiger partial charge in [0.05, 0.1) is 5.92 Å². The van der Waals surface area contributed by atoms with Gasteiger partial charge >= 0.3 is 0 Å². The average Bonchev–Trinajstić information content (AvgIpc) is 3.21. The summed E-state index contributed by atoms with van der Waals surface area (Å²) >= 11 is 0. The standard InChI is InChI=1S/C21H29N5O/c1-3-18(17-9-5-4-6-10-17)20(27)22-11-12-23-21-24-16(2)15-19(25-21)26-13-7-8-14-26/h4-6,9-10,15,18H,3,7-8,11-14H2,1-2H3,(H,22,27)(H,23,24,25). The second kappa shape index (κ2) is 9.35. The average molecular weight is 367 g/mol. The Hall–Kier alpha value is -2.63. The Kier molecular flexibility index (Phi) is 6.63. The summed E-state index contributed by atoms with van der Waals surface area (Å²) in [6.45, 7) is 7.28. The maximum Gasteiger partial charge on any atom is 0.227 e. The quantitative estimate of drug-likeness (QED) is 0.702. The first-order valence-corrected chi connectivity index (χ1v) is 9.84. The van der Waals surface area contributed by atoms with Gasteiger partial charge in [-0.15, -0.1) is 0 Å². The van der Waals surface area contributed by atoms with Crippen molar-refractivity contribution in [3.63, 3.8) is 0 Å². The number of amides is 1. The minimum atomic E-state index is -0.108. The highest BCUT2D eigenvalue weighted by Gasteiger charge is 2.18. The zero-order valence-electron chi connectivity index (χ0n) is 16.2. The third kappa shape index (κ3) is 5.18. The van der Waals surface area contributed by atoms with Crippen molar-refractivity contribution in [2.45, 2.75) is 39.0 Å². The van der Waals surface area contributed by atoms with Crippen LogP contribution in [0.15, 0.2) is 36.4 Å². The number of benzene rings is 1. The lowest BCUT2D eigenvalue weighted by molar-refractivity contribution is -0.122. The normalized spacial score (nSPS) is 14.8. The largest absolute Gasteiger partial charge is 0.356 e. The van der Waals surface area contributed by atoms with E-state index in [2.05, 4.69) is 25.5 Å². The molecule has 2 aromatic rings. The molecule has 0 saturated carbocycles. The Morgan fingerprint density at radius 3 is 2.59 bits per heavy atom. The van der Waals surface area contributed by atoms with Crippen LogP contribution in [0, 0.1) is 6.92 Å². The Morgan fingerprint density at radius 1 is 1.15 bits per heavy atom. The van der Waals surface area contributed by atoms with E-state index in [0.717, 1.165) is 36.6 Å². The number of aryl methyl sites for hydroxylation is 1.